The number of fused-ring (bicyclic) bond motifs is 1. The molecular formula is C16H19Cl2N3O2. The maximum Gasteiger partial charge on any atom is 0.229 e. The van der Waals surface area contributed by atoms with Gasteiger partial charge in [0.15, 0.2) is 0 Å². The molecule has 0 fully saturated rings. The molecule has 0 radical (unpaired) electrons. The van der Waals surface area contributed by atoms with E-state index in [0.717, 1.165) is 29.9 Å². The van der Waals surface area contributed by atoms with Crippen LogP contribution in [0.2, 0.25) is 5.22 Å². The summed E-state index contributed by atoms with van der Waals surface area (Å²) < 4.78 is 4.88. The number of carbonyl (C=O) groups excluding carboxylic acids is 1. The molecule has 0 atom stereocenters. The van der Waals surface area contributed by atoms with Crippen molar-refractivity contribution in [2.24, 2.45) is 0 Å². The number of hydrogen-bond acceptors (Lipinski definition) is 4. The van der Waals surface area contributed by atoms with Gasteiger partial charge in [0.05, 0.1) is 5.69 Å². The summed E-state index contributed by atoms with van der Waals surface area (Å²) in [5, 5.41) is 10.3. The first-order valence-electron chi connectivity index (χ1n) is 7.32. The van der Waals surface area contributed by atoms with Crippen LogP contribution in [0.4, 0.5) is 0 Å². The highest BCUT2D eigenvalue weighted by Crippen LogP contribution is 2.20. The molecule has 7 heteroatoms. The monoisotopic (exact) mass is 355 g/mol. The molecule has 0 saturated heterocycles. The van der Waals surface area contributed by atoms with Crippen molar-refractivity contribution in [3.63, 3.8) is 0 Å². The zero-order valence-corrected chi connectivity index (χ0v) is 14.4. The van der Waals surface area contributed by atoms with Gasteiger partial charge in [0.2, 0.25) is 11.1 Å². The van der Waals surface area contributed by atoms with Crippen molar-refractivity contribution in [2.45, 2.75) is 39.4 Å². The summed E-state index contributed by atoms with van der Waals surface area (Å²) in [6, 6.07) is 6.33. The summed E-state index contributed by atoms with van der Waals surface area (Å²) in [7, 11) is 0. The second-order valence-corrected chi connectivity index (χ2v) is 5.85. The molecule has 1 aliphatic rings. The number of hydrogen-bond donors (Lipinski definition) is 2. The van der Waals surface area contributed by atoms with Gasteiger partial charge in [-0.15, -0.1) is 12.4 Å². The molecule has 0 saturated carbocycles. The Morgan fingerprint density at radius 3 is 2.91 bits per heavy atom. The molecule has 3 rings (SSSR count). The molecule has 2 heterocycles. The van der Waals surface area contributed by atoms with Gasteiger partial charge in [-0.3, -0.25) is 4.79 Å². The van der Waals surface area contributed by atoms with E-state index in [1.165, 1.54) is 11.1 Å². The van der Waals surface area contributed by atoms with Crippen molar-refractivity contribution in [1.82, 2.24) is 15.8 Å². The Morgan fingerprint density at radius 1 is 1.39 bits per heavy atom. The molecule has 1 aliphatic heterocycles. The molecule has 0 aliphatic carbocycles. The first kappa shape index (κ1) is 17.8. The van der Waals surface area contributed by atoms with Crippen molar-refractivity contribution < 1.29 is 9.32 Å². The third-order valence-corrected chi connectivity index (χ3v) is 4.23. The number of halogens is 2. The van der Waals surface area contributed by atoms with Gasteiger partial charge in [-0.1, -0.05) is 23.4 Å². The summed E-state index contributed by atoms with van der Waals surface area (Å²) in [5.74, 6) is -0.00436. The normalized spacial score (nSPS) is 12.6. The van der Waals surface area contributed by atoms with Gasteiger partial charge in [0.1, 0.15) is 0 Å². The van der Waals surface area contributed by atoms with Crippen LogP contribution in [-0.4, -0.2) is 11.1 Å². The van der Waals surface area contributed by atoms with Crippen molar-refractivity contribution in [3.8, 4) is 0 Å². The minimum atomic E-state index is -0.00436. The highest BCUT2D eigenvalue weighted by Gasteiger charge is 2.13. The lowest BCUT2D eigenvalue weighted by molar-refractivity contribution is -0.121. The zero-order chi connectivity index (χ0) is 15.5. The number of aryl methyl sites for hydroxylation is 1. The Balaban J connectivity index is 0.00000192. The van der Waals surface area contributed by atoms with Crippen LogP contribution >= 0.6 is 24.0 Å². The first-order chi connectivity index (χ1) is 10.6. The molecule has 124 valence electrons. The van der Waals surface area contributed by atoms with E-state index in [2.05, 4.69) is 34.0 Å². The Hall–Kier alpha value is -1.56. The van der Waals surface area contributed by atoms with Crippen LogP contribution in [0.25, 0.3) is 0 Å². The number of nitrogens with zero attached hydrogens (tertiary/aromatic N) is 1. The molecule has 2 aromatic rings. The smallest absolute Gasteiger partial charge is 0.229 e. The third kappa shape index (κ3) is 4.25. The van der Waals surface area contributed by atoms with Gasteiger partial charge in [-0.2, -0.15) is 0 Å². The summed E-state index contributed by atoms with van der Waals surface area (Å²) in [6.07, 6.45) is 0.905. The topological polar surface area (TPSA) is 67.2 Å². The first-order valence-corrected chi connectivity index (χ1v) is 7.70. The van der Waals surface area contributed by atoms with Crippen LogP contribution in [0.1, 0.15) is 34.4 Å². The maximum absolute atomic E-state index is 12.0. The molecule has 0 unspecified atom stereocenters. The fourth-order valence-corrected chi connectivity index (χ4v) is 2.89. The van der Waals surface area contributed by atoms with Gasteiger partial charge in [0.25, 0.3) is 0 Å². The molecule has 0 bridgehead atoms. The number of amides is 1. The predicted molar refractivity (Wildman–Crippen MR) is 90.7 cm³/mol. The van der Waals surface area contributed by atoms with Crippen molar-refractivity contribution >= 4 is 29.9 Å². The lowest BCUT2D eigenvalue weighted by atomic mass is 10.1. The van der Waals surface area contributed by atoms with Crippen LogP contribution in [0.15, 0.2) is 22.7 Å². The predicted octanol–water partition coefficient (Wildman–Crippen LogP) is 2.91. The highest BCUT2D eigenvalue weighted by atomic mass is 35.5. The Morgan fingerprint density at radius 2 is 2.17 bits per heavy atom. The van der Waals surface area contributed by atoms with E-state index in [0.29, 0.717) is 19.4 Å². The number of rotatable bonds is 5. The molecule has 1 aromatic carbocycles. The minimum absolute atomic E-state index is 0. The fraction of sp³-hybridized carbons (Fsp3) is 0.375. The second kappa shape index (κ2) is 7.81. The summed E-state index contributed by atoms with van der Waals surface area (Å²) in [4.78, 5) is 12.0. The highest BCUT2D eigenvalue weighted by molar-refractivity contribution is 6.29. The van der Waals surface area contributed by atoms with Gasteiger partial charge < -0.3 is 15.2 Å². The number of carbonyl (C=O) groups is 1. The van der Waals surface area contributed by atoms with Crippen molar-refractivity contribution in [2.75, 3.05) is 0 Å². The van der Waals surface area contributed by atoms with E-state index in [1.807, 2.05) is 6.92 Å². The summed E-state index contributed by atoms with van der Waals surface area (Å²) in [5.41, 5.74) is 5.32. The minimum Gasteiger partial charge on any atom is -0.352 e. The Bertz CT molecular complexity index is 681. The van der Waals surface area contributed by atoms with Crippen LogP contribution in [0.3, 0.4) is 0 Å². The molecular weight excluding hydrogens is 337 g/mol. The molecule has 23 heavy (non-hydrogen) atoms. The van der Waals surface area contributed by atoms with Gasteiger partial charge in [-0.25, -0.2) is 0 Å². The van der Waals surface area contributed by atoms with Crippen LogP contribution in [-0.2, 0) is 30.8 Å². The zero-order valence-electron chi connectivity index (χ0n) is 12.8. The largest absolute Gasteiger partial charge is 0.352 e. The standard InChI is InChI=1S/C16H18ClN3O2.ClH/c1-10-14(16(17)22-20-10)4-5-15(21)19-7-11-2-3-12-8-18-9-13(12)6-11;/h2-3,6,18H,4-5,7-9H2,1H3,(H,19,21);1H. The quantitative estimate of drug-likeness (QED) is 0.865. The lowest BCUT2D eigenvalue weighted by Gasteiger charge is -2.07. The Kier molecular flexibility index (Phi) is 6.04. The van der Waals surface area contributed by atoms with Crippen LogP contribution < -0.4 is 10.6 Å². The van der Waals surface area contributed by atoms with E-state index in [1.54, 1.807) is 0 Å². The molecule has 2 N–H and O–H groups in total. The molecule has 0 spiro atoms. The van der Waals surface area contributed by atoms with Crippen molar-refractivity contribution in [3.05, 3.63) is 51.4 Å². The van der Waals surface area contributed by atoms with Crippen LogP contribution in [0, 0.1) is 6.92 Å². The van der Waals surface area contributed by atoms with Gasteiger partial charge in [0, 0.05) is 31.6 Å². The van der Waals surface area contributed by atoms with E-state index in [4.69, 9.17) is 16.1 Å². The lowest BCUT2D eigenvalue weighted by Crippen LogP contribution is -2.23. The number of aromatic nitrogens is 1. The van der Waals surface area contributed by atoms with E-state index in [9.17, 15) is 4.79 Å². The maximum atomic E-state index is 12.0. The third-order valence-electron chi connectivity index (χ3n) is 3.93. The van der Waals surface area contributed by atoms with Gasteiger partial charge in [-0.05, 0) is 41.6 Å². The average Bonchev–Trinajstić information content (AvgIpc) is 3.10. The summed E-state index contributed by atoms with van der Waals surface area (Å²) in [6.45, 7) is 4.20. The molecule has 5 nitrogen and oxygen atoms in total. The molecule has 1 amide bonds. The second-order valence-electron chi connectivity index (χ2n) is 5.50. The van der Waals surface area contributed by atoms with E-state index in [-0.39, 0.29) is 23.5 Å². The average molecular weight is 356 g/mol. The van der Waals surface area contributed by atoms with E-state index >= 15 is 0 Å². The Labute approximate surface area is 146 Å². The van der Waals surface area contributed by atoms with Crippen molar-refractivity contribution in [1.29, 1.82) is 0 Å². The molecule has 1 aromatic heterocycles. The van der Waals surface area contributed by atoms with E-state index < -0.39 is 0 Å². The SMILES string of the molecule is Cc1noc(Cl)c1CCC(=O)NCc1ccc2c(c1)CNC2.Cl. The summed E-state index contributed by atoms with van der Waals surface area (Å²) >= 11 is 5.89. The van der Waals surface area contributed by atoms with Crippen LogP contribution in [0.5, 0.6) is 0 Å². The number of nitrogens with one attached hydrogen (secondary N) is 2. The number of benzene rings is 1. The van der Waals surface area contributed by atoms with Gasteiger partial charge >= 0.3 is 0 Å². The fourth-order valence-electron chi connectivity index (χ4n) is 2.63.